The van der Waals surface area contributed by atoms with E-state index in [0.717, 1.165) is 18.9 Å². The van der Waals surface area contributed by atoms with E-state index in [1.54, 1.807) is 43.5 Å². The molecule has 1 aromatic heterocycles. The van der Waals surface area contributed by atoms with Gasteiger partial charge in [-0.15, -0.1) is 0 Å². The van der Waals surface area contributed by atoms with E-state index < -0.39 is 0 Å². The second kappa shape index (κ2) is 10.9. The van der Waals surface area contributed by atoms with Crippen molar-refractivity contribution in [3.63, 3.8) is 0 Å². The van der Waals surface area contributed by atoms with Crippen LogP contribution in [0.1, 0.15) is 43.5 Å². The van der Waals surface area contributed by atoms with Gasteiger partial charge in [0.1, 0.15) is 11.4 Å². The van der Waals surface area contributed by atoms with Gasteiger partial charge in [0.15, 0.2) is 5.82 Å². The molecule has 0 radical (unpaired) electrons. The first kappa shape index (κ1) is 26.7. The smallest absolute Gasteiger partial charge is 0.251 e. The molecule has 1 aliphatic carbocycles. The summed E-state index contributed by atoms with van der Waals surface area (Å²) in [6.07, 6.45) is 4.58. The third kappa shape index (κ3) is 6.68. The Hall–Kier alpha value is -3.40. The first-order chi connectivity index (χ1) is 17.6. The average Bonchev–Trinajstić information content (AvgIpc) is 3.68. The monoisotopic (exact) mass is 509 g/mol. The van der Waals surface area contributed by atoms with Crippen molar-refractivity contribution in [3.8, 4) is 5.75 Å². The number of carbonyl (C=O) groups excluding carboxylic acids is 2. The molecule has 1 aliphatic heterocycles. The normalized spacial score (nSPS) is 15.9. The summed E-state index contributed by atoms with van der Waals surface area (Å²) in [6.45, 7) is 7.21. The van der Waals surface area contributed by atoms with Crippen LogP contribution >= 0.6 is 0 Å². The molecule has 37 heavy (non-hydrogen) atoms. The molecule has 10 nitrogen and oxygen atoms in total. The van der Waals surface area contributed by atoms with Gasteiger partial charge in [-0.25, -0.2) is 4.98 Å². The van der Waals surface area contributed by atoms with E-state index in [4.69, 9.17) is 9.72 Å². The molecule has 0 atom stereocenters. The van der Waals surface area contributed by atoms with E-state index in [1.165, 1.54) is 12.8 Å². The molecule has 1 saturated carbocycles. The fraction of sp³-hybridized carbons (Fsp3) is 0.556. The molecule has 4 rings (SSSR count). The van der Waals surface area contributed by atoms with Crippen LogP contribution in [-0.4, -0.2) is 81.1 Å². The van der Waals surface area contributed by atoms with Crippen LogP contribution < -0.4 is 25.2 Å². The van der Waals surface area contributed by atoms with Gasteiger partial charge in [0, 0.05) is 45.2 Å². The van der Waals surface area contributed by atoms with Crippen LogP contribution in [0.25, 0.3) is 0 Å². The fourth-order valence-corrected chi connectivity index (χ4v) is 4.71. The fourth-order valence-electron chi connectivity index (χ4n) is 4.71. The van der Waals surface area contributed by atoms with Crippen molar-refractivity contribution in [2.24, 2.45) is 11.3 Å². The van der Waals surface area contributed by atoms with Crippen molar-refractivity contribution in [1.82, 2.24) is 20.2 Å². The number of rotatable bonds is 10. The lowest BCUT2D eigenvalue weighted by atomic mass is 9.93. The van der Waals surface area contributed by atoms with E-state index in [9.17, 15) is 9.59 Å². The Morgan fingerprint density at radius 2 is 2.03 bits per heavy atom. The maximum Gasteiger partial charge on any atom is 0.251 e. The SMILES string of the molecule is COc1cc(C(=O)NCC(C)(C)CN(C)C)ccc1Nc1ncc2c(n1)N(CC1CC1)CCC(=O)N2C. The minimum Gasteiger partial charge on any atom is -0.495 e. The van der Waals surface area contributed by atoms with E-state index in [2.05, 4.69) is 39.3 Å². The predicted octanol–water partition coefficient (Wildman–Crippen LogP) is 3.13. The standard InChI is InChI=1S/C27H39N7O3/c1-27(2,17-32(3)4)16-29-25(36)19-9-10-20(22(13-19)37-6)30-26-28-14-21-24(31-26)34(15-18-7-8-18)12-11-23(35)33(21)5/h9-10,13-14,18H,7-8,11-12,15-17H2,1-6H3,(H,29,36)(H,28,30,31). The quantitative estimate of drug-likeness (QED) is 0.504. The number of aromatic nitrogens is 2. The zero-order valence-corrected chi connectivity index (χ0v) is 22.8. The molecule has 0 saturated heterocycles. The number of fused-ring (bicyclic) bond motifs is 1. The van der Waals surface area contributed by atoms with Crippen molar-refractivity contribution in [3.05, 3.63) is 30.0 Å². The number of nitrogens with zero attached hydrogens (tertiary/aromatic N) is 5. The molecule has 2 N–H and O–H groups in total. The highest BCUT2D eigenvalue weighted by atomic mass is 16.5. The van der Waals surface area contributed by atoms with Crippen molar-refractivity contribution in [1.29, 1.82) is 0 Å². The van der Waals surface area contributed by atoms with Crippen LogP contribution in [0.2, 0.25) is 0 Å². The maximum atomic E-state index is 12.8. The second-order valence-corrected chi connectivity index (χ2v) is 11.1. The molecule has 2 aliphatic rings. The molecule has 2 aromatic rings. The lowest BCUT2D eigenvalue weighted by Gasteiger charge is -2.28. The number of hydrogen-bond acceptors (Lipinski definition) is 8. The Bertz CT molecular complexity index is 1150. The van der Waals surface area contributed by atoms with Crippen molar-refractivity contribution >= 4 is 35.0 Å². The second-order valence-electron chi connectivity index (χ2n) is 11.1. The van der Waals surface area contributed by atoms with Crippen molar-refractivity contribution < 1.29 is 14.3 Å². The zero-order valence-electron chi connectivity index (χ0n) is 22.8. The number of anilines is 4. The first-order valence-electron chi connectivity index (χ1n) is 12.8. The van der Waals surface area contributed by atoms with Crippen LogP contribution in [0.15, 0.2) is 24.4 Å². The molecule has 1 aromatic carbocycles. The highest BCUT2D eigenvalue weighted by molar-refractivity contribution is 5.97. The Morgan fingerprint density at radius 1 is 1.27 bits per heavy atom. The molecule has 2 amide bonds. The van der Waals surface area contributed by atoms with Gasteiger partial charge >= 0.3 is 0 Å². The molecule has 10 heteroatoms. The van der Waals surface area contributed by atoms with Gasteiger partial charge in [-0.3, -0.25) is 9.59 Å². The summed E-state index contributed by atoms with van der Waals surface area (Å²) in [6, 6.07) is 5.27. The number of benzene rings is 1. The van der Waals surface area contributed by atoms with E-state index in [-0.39, 0.29) is 17.2 Å². The summed E-state index contributed by atoms with van der Waals surface area (Å²) in [4.78, 5) is 40.5. The van der Waals surface area contributed by atoms with E-state index in [0.29, 0.717) is 54.1 Å². The Morgan fingerprint density at radius 3 is 2.70 bits per heavy atom. The molecular formula is C27H39N7O3. The minimum absolute atomic E-state index is 0.0561. The first-order valence-corrected chi connectivity index (χ1v) is 12.8. The molecule has 2 heterocycles. The van der Waals surface area contributed by atoms with Crippen LogP contribution in [-0.2, 0) is 4.79 Å². The van der Waals surface area contributed by atoms with Gasteiger partial charge in [0.05, 0.1) is 19.0 Å². The Kier molecular flexibility index (Phi) is 7.87. The summed E-state index contributed by atoms with van der Waals surface area (Å²) >= 11 is 0. The Balaban J connectivity index is 1.51. The van der Waals surface area contributed by atoms with Gasteiger partial charge < -0.3 is 30.1 Å². The number of nitrogens with one attached hydrogen (secondary N) is 2. The lowest BCUT2D eigenvalue weighted by Crippen LogP contribution is -2.39. The predicted molar refractivity (Wildman–Crippen MR) is 146 cm³/mol. The molecule has 0 spiro atoms. The lowest BCUT2D eigenvalue weighted by molar-refractivity contribution is -0.118. The van der Waals surface area contributed by atoms with Crippen LogP contribution in [0, 0.1) is 11.3 Å². The van der Waals surface area contributed by atoms with Crippen LogP contribution in [0.5, 0.6) is 5.75 Å². The highest BCUT2D eigenvalue weighted by Gasteiger charge is 2.31. The molecule has 200 valence electrons. The van der Waals surface area contributed by atoms with Gasteiger partial charge in [0.2, 0.25) is 11.9 Å². The summed E-state index contributed by atoms with van der Waals surface area (Å²) in [5.41, 5.74) is 1.82. The largest absolute Gasteiger partial charge is 0.495 e. The van der Waals surface area contributed by atoms with Gasteiger partial charge in [-0.2, -0.15) is 4.98 Å². The topological polar surface area (TPSA) is 103 Å². The summed E-state index contributed by atoms with van der Waals surface area (Å²) in [5.74, 6) is 2.24. The number of hydrogen-bond donors (Lipinski definition) is 2. The summed E-state index contributed by atoms with van der Waals surface area (Å²) in [7, 11) is 7.39. The van der Waals surface area contributed by atoms with Gasteiger partial charge in [-0.1, -0.05) is 13.8 Å². The van der Waals surface area contributed by atoms with E-state index >= 15 is 0 Å². The van der Waals surface area contributed by atoms with Gasteiger partial charge in [0.25, 0.3) is 5.91 Å². The van der Waals surface area contributed by atoms with E-state index in [1.807, 2.05) is 14.1 Å². The van der Waals surface area contributed by atoms with Gasteiger partial charge in [-0.05, 0) is 56.5 Å². The Labute approximate surface area is 219 Å². The zero-order chi connectivity index (χ0) is 26.7. The number of amides is 2. The molecular weight excluding hydrogens is 470 g/mol. The van der Waals surface area contributed by atoms with Crippen LogP contribution in [0.3, 0.4) is 0 Å². The summed E-state index contributed by atoms with van der Waals surface area (Å²) in [5, 5.41) is 6.27. The third-order valence-electron chi connectivity index (χ3n) is 6.74. The maximum absolute atomic E-state index is 12.8. The third-order valence-corrected chi connectivity index (χ3v) is 6.74. The van der Waals surface area contributed by atoms with Crippen LogP contribution in [0.4, 0.5) is 23.1 Å². The number of carbonyl (C=O) groups is 2. The van der Waals surface area contributed by atoms with Crippen molar-refractivity contribution in [2.45, 2.75) is 33.1 Å². The highest BCUT2D eigenvalue weighted by Crippen LogP contribution is 2.36. The minimum atomic E-state index is -0.151. The van der Waals surface area contributed by atoms with Crippen molar-refractivity contribution in [2.75, 3.05) is 69.5 Å². The molecule has 1 fully saturated rings. The number of ether oxygens (including phenoxy) is 1. The number of methoxy groups -OCH3 is 1. The average molecular weight is 510 g/mol. The molecule has 0 unspecified atom stereocenters. The summed E-state index contributed by atoms with van der Waals surface area (Å²) < 4.78 is 5.58. The molecule has 0 bridgehead atoms.